The first-order valence-corrected chi connectivity index (χ1v) is 5.50. The van der Waals surface area contributed by atoms with Crippen LogP contribution in [0.15, 0.2) is 18.2 Å². The van der Waals surface area contributed by atoms with E-state index in [4.69, 9.17) is 5.73 Å². The molecule has 0 radical (unpaired) electrons. The van der Waals surface area contributed by atoms with Crippen molar-refractivity contribution in [3.63, 3.8) is 0 Å². The van der Waals surface area contributed by atoms with Gasteiger partial charge in [-0.1, -0.05) is 6.07 Å². The van der Waals surface area contributed by atoms with Crippen molar-refractivity contribution in [2.45, 2.75) is 6.42 Å². The summed E-state index contributed by atoms with van der Waals surface area (Å²) in [7, 11) is 1.71. The van der Waals surface area contributed by atoms with Crippen molar-refractivity contribution in [3.8, 4) is 0 Å². The highest BCUT2D eigenvalue weighted by Gasteiger charge is 2.20. The van der Waals surface area contributed by atoms with Gasteiger partial charge in [-0.25, -0.2) is 0 Å². The SMILES string of the molecule is CN(CCN)C(=O)c1ccc2c(c1)NC(=O)C2. The minimum Gasteiger partial charge on any atom is -0.340 e. The number of fused-ring (bicyclic) bond motifs is 1. The summed E-state index contributed by atoms with van der Waals surface area (Å²) in [6.45, 7) is 0.951. The number of amides is 2. The standard InChI is InChI=1S/C12H15N3O2/c1-15(5-4-13)12(17)9-3-2-8-7-11(16)14-10(8)6-9/h2-3,6H,4-5,7,13H2,1H3,(H,14,16). The number of hydrogen-bond acceptors (Lipinski definition) is 3. The topological polar surface area (TPSA) is 75.4 Å². The Morgan fingerprint density at radius 1 is 1.53 bits per heavy atom. The summed E-state index contributed by atoms with van der Waals surface area (Å²) >= 11 is 0. The van der Waals surface area contributed by atoms with Gasteiger partial charge in [0.2, 0.25) is 5.91 Å². The van der Waals surface area contributed by atoms with E-state index in [9.17, 15) is 9.59 Å². The predicted molar refractivity (Wildman–Crippen MR) is 64.8 cm³/mol. The third kappa shape index (κ3) is 2.29. The highest BCUT2D eigenvalue weighted by molar-refractivity contribution is 6.02. The van der Waals surface area contributed by atoms with E-state index in [-0.39, 0.29) is 11.8 Å². The molecule has 2 rings (SSSR count). The highest BCUT2D eigenvalue weighted by atomic mass is 16.2. The molecule has 0 saturated carbocycles. The Balaban J connectivity index is 2.21. The second-order valence-electron chi connectivity index (χ2n) is 4.11. The van der Waals surface area contributed by atoms with Gasteiger partial charge in [0.1, 0.15) is 0 Å². The van der Waals surface area contributed by atoms with Crippen LogP contribution in [0.1, 0.15) is 15.9 Å². The first-order chi connectivity index (χ1) is 8.11. The summed E-state index contributed by atoms with van der Waals surface area (Å²) in [5, 5.41) is 2.73. The van der Waals surface area contributed by atoms with Gasteiger partial charge in [0.15, 0.2) is 0 Å². The van der Waals surface area contributed by atoms with Crippen LogP contribution in [0.4, 0.5) is 5.69 Å². The molecular formula is C12H15N3O2. The third-order valence-electron chi connectivity index (χ3n) is 2.79. The molecule has 0 spiro atoms. The number of hydrogen-bond donors (Lipinski definition) is 2. The van der Waals surface area contributed by atoms with E-state index in [0.717, 1.165) is 11.3 Å². The van der Waals surface area contributed by atoms with E-state index in [1.807, 2.05) is 6.07 Å². The van der Waals surface area contributed by atoms with Crippen LogP contribution < -0.4 is 11.1 Å². The summed E-state index contributed by atoms with van der Waals surface area (Å²) in [5.41, 5.74) is 7.65. The second kappa shape index (κ2) is 4.55. The van der Waals surface area contributed by atoms with E-state index >= 15 is 0 Å². The molecule has 2 amide bonds. The fourth-order valence-electron chi connectivity index (χ4n) is 1.86. The van der Waals surface area contributed by atoms with Gasteiger partial charge in [0, 0.05) is 31.4 Å². The number of nitrogens with one attached hydrogen (secondary N) is 1. The van der Waals surface area contributed by atoms with Crippen molar-refractivity contribution >= 4 is 17.5 Å². The highest BCUT2D eigenvalue weighted by Crippen LogP contribution is 2.24. The Morgan fingerprint density at radius 3 is 3.00 bits per heavy atom. The Morgan fingerprint density at radius 2 is 2.29 bits per heavy atom. The van der Waals surface area contributed by atoms with Crippen LogP contribution in [-0.4, -0.2) is 36.9 Å². The number of nitrogens with zero attached hydrogens (tertiary/aromatic N) is 1. The largest absolute Gasteiger partial charge is 0.340 e. The van der Waals surface area contributed by atoms with Crippen LogP contribution in [0.3, 0.4) is 0 Å². The molecule has 5 heteroatoms. The first-order valence-electron chi connectivity index (χ1n) is 5.50. The van der Waals surface area contributed by atoms with Crippen molar-refractivity contribution < 1.29 is 9.59 Å². The van der Waals surface area contributed by atoms with Crippen LogP contribution in [0.25, 0.3) is 0 Å². The normalized spacial score (nSPS) is 13.2. The van der Waals surface area contributed by atoms with E-state index in [1.165, 1.54) is 0 Å². The van der Waals surface area contributed by atoms with Gasteiger partial charge < -0.3 is 16.0 Å². The van der Waals surface area contributed by atoms with Gasteiger partial charge in [-0.3, -0.25) is 9.59 Å². The van der Waals surface area contributed by atoms with E-state index in [1.54, 1.807) is 24.1 Å². The van der Waals surface area contributed by atoms with Crippen LogP contribution in [0, 0.1) is 0 Å². The van der Waals surface area contributed by atoms with Crippen LogP contribution in [-0.2, 0) is 11.2 Å². The lowest BCUT2D eigenvalue weighted by Crippen LogP contribution is -2.31. The zero-order valence-corrected chi connectivity index (χ0v) is 9.69. The summed E-state index contributed by atoms with van der Waals surface area (Å²) in [5.74, 6) is -0.112. The molecule has 1 aliphatic heterocycles. The molecule has 0 fully saturated rings. The smallest absolute Gasteiger partial charge is 0.253 e. The minimum atomic E-state index is -0.0839. The van der Waals surface area contributed by atoms with Crippen molar-refractivity contribution in [1.82, 2.24) is 4.90 Å². The Hall–Kier alpha value is -1.88. The predicted octanol–water partition coefficient (Wildman–Crippen LogP) is 0.212. The zero-order chi connectivity index (χ0) is 12.4. The van der Waals surface area contributed by atoms with Crippen molar-refractivity contribution in [3.05, 3.63) is 29.3 Å². The second-order valence-corrected chi connectivity index (χ2v) is 4.11. The lowest BCUT2D eigenvalue weighted by Gasteiger charge is -2.16. The number of benzene rings is 1. The fraction of sp³-hybridized carbons (Fsp3) is 0.333. The molecule has 17 heavy (non-hydrogen) atoms. The first kappa shape index (κ1) is 11.6. The molecule has 1 heterocycles. The minimum absolute atomic E-state index is 0.0279. The maximum atomic E-state index is 12.0. The lowest BCUT2D eigenvalue weighted by atomic mass is 10.1. The van der Waals surface area contributed by atoms with Gasteiger partial charge in [-0.05, 0) is 17.7 Å². The van der Waals surface area contributed by atoms with Gasteiger partial charge in [-0.15, -0.1) is 0 Å². The summed E-state index contributed by atoms with van der Waals surface area (Å²) in [4.78, 5) is 24.7. The number of anilines is 1. The summed E-state index contributed by atoms with van der Waals surface area (Å²) in [6, 6.07) is 5.28. The van der Waals surface area contributed by atoms with Gasteiger partial charge in [0.05, 0.1) is 6.42 Å². The molecule has 3 N–H and O–H groups in total. The van der Waals surface area contributed by atoms with Gasteiger partial charge in [0.25, 0.3) is 5.91 Å². The maximum absolute atomic E-state index is 12.0. The lowest BCUT2D eigenvalue weighted by molar-refractivity contribution is -0.115. The molecular weight excluding hydrogens is 218 g/mol. The molecule has 1 aromatic rings. The van der Waals surface area contributed by atoms with Gasteiger partial charge >= 0.3 is 0 Å². The summed E-state index contributed by atoms with van der Waals surface area (Å²) in [6.07, 6.45) is 0.391. The molecule has 0 atom stereocenters. The van der Waals surface area contributed by atoms with Crippen LogP contribution >= 0.6 is 0 Å². The number of carbonyl (C=O) groups is 2. The number of carbonyl (C=O) groups excluding carboxylic acids is 2. The molecule has 0 unspecified atom stereocenters. The summed E-state index contributed by atoms with van der Waals surface area (Å²) < 4.78 is 0. The molecule has 0 aromatic heterocycles. The average molecular weight is 233 g/mol. The van der Waals surface area contributed by atoms with Crippen LogP contribution in [0.2, 0.25) is 0 Å². The molecule has 1 aliphatic rings. The molecule has 0 bridgehead atoms. The van der Waals surface area contributed by atoms with Crippen LogP contribution in [0.5, 0.6) is 0 Å². The van der Waals surface area contributed by atoms with Crippen molar-refractivity contribution in [1.29, 1.82) is 0 Å². The molecule has 0 saturated heterocycles. The van der Waals surface area contributed by atoms with Crippen molar-refractivity contribution in [2.24, 2.45) is 5.73 Å². The van der Waals surface area contributed by atoms with E-state index < -0.39 is 0 Å². The Bertz CT molecular complexity index is 471. The van der Waals surface area contributed by atoms with Crippen molar-refractivity contribution in [2.75, 3.05) is 25.5 Å². The Labute approximate surface area is 99.6 Å². The molecule has 0 aliphatic carbocycles. The maximum Gasteiger partial charge on any atom is 0.253 e. The van der Waals surface area contributed by atoms with E-state index in [0.29, 0.717) is 25.1 Å². The number of likely N-dealkylation sites (N-methyl/N-ethyl adjacent to an activating group) is 1. The molecule has 1 aromatic carbocycles. The fourth-order valence-corrected chi connectivity index (χ4v) is 1.86. The average Bonchev–Trinajstić information content (AvgIpc) is 2.67. The quantitative estimate of drug-likeness (QED) is 0.783. The number of nitrogens with two attached hydrogens (primary N) is 1. The monoisotopic (exact) mass is 233 g/mol. The molecule has 5 nitrogen and oxygen atoms in total. The van der Waals surface area contributed by atoms with Gasteiger partial charge in [-0.2, -0.15) is 0 Å². The van der Waals surface area contributed by atoms with E-state index in [2.05, 4.69) is 5.32 Å². The zero-order valence-electron chi connectivity index (χ0n) is 9.69. The number of rotatable bonds is 3. The Kier molecular flexibility index (Phi) is 3.10. The third-order valence-corrected chi connectivity index (χ3v) is 2.79. The molecule has 90 valence electrons.